The highest BCUT2D eigenvalue weighted by Crippen LogP contribution is 2.40. The van der Waals surface area contributed by atoms with Crippen molar-refractivity contribution in [3.8, 4) is 35.3 Å². The van der Waals surface area contributed by atoms with Gasteiger partial charge in [0, 0.05) is 28.9 Å². The molecular formula is C40H49NO4. The fraction of sp³-hybridized carbons (Fsp3) is 0.450. The molecule has 0 aliphatic heterocycles. The zero-order valence-electron chi connectivity index (χ0n) is 28.0. The van der Waals surface area contributed by atoms with Gasteiger partial charge in [0.05, 0.1) is 13.0 Å². The van der Waals surface area contributed by atoms with E-state index < -0.39 is 17.1 Å². The molecule has 0 radical (unpaired) electrons. The average molecular weight is 608 g/mol. The molecule has 5 nitrogen and oxygen atoms in total. The van der Waals surface area contributed by atoms with Crippen molar-refractivity contribution in [2.75, 3.05) is 7.11 Å². The summed E-state index contributed by atoms with van der Waals surface area (Å²) in [6.07, 6.45) is 13.1. The van der Waals surface area contributed by atoms with Crippen LogP contribution in [0.1, 0.15) is 113 Å². The number of rotatable bonds is 13. The highest BCUT2D eigenvalue weighted by molar-refractivity contribution is 5.79. The number of aryl methyl sites for hydroxylation is 1. The van der Waals surface area contributed by atoms with Crippen molar-refractivity contribution in [1.29, 1.82) is 0 Å². The summed E-state index contributed by atoms with van der Waals surface area (Å²) in [7, 11) is 1.37. The third-order valence-corrected chi connectivity index (χ3v) is 9.70. The van der Waals surface area contributed by atoms with E-state index in [0.717, 1.165) is 40.7 Å². The van der Waals surface area contributed by atoms with Crippen LogP contribution in [0.3, 0.4) is 0 Å². The number of aliphatic hydroxyl groups is 2. The fourth-order valence-electron chi connectivity index (χ4n) is 6.03. The Balaban J connectivity index is 1.94. The van der Waals surface area contributed by atoms with Crippen molar-refractivity contribution < 1.29 is 19.7 Å². The minimum atomic E-state index is -1.26. The van der Waals surface area contributed by atoms with Crippen molar-refractivity contribution >= 4 is 5.97 Å². The second-order valence-electron chi connectivity index (χ2n) is 12.0. The van der Waals surface area contributed by atoms with Gasteiger partial charge in [0.1, 0.15) is 11.2 Å². The summed E-state index contributed by atoms with van der Waals surface area (Å²) in [6, 6.07) is 17.1. The standard InChI is InChI=1S/C40H49NO4/c1-9-38(43,10-2)23-21-30-15-20-35(25-29(30)7)40(13-5,14-6)34-18-16-31(17-19-34)32-26-33(28-41-27-32)36(37(42)45-8)22-24-39(44,11-3)12-4/h3,15-20,25-28,36,43-44H,9-10,12-14,22,24H2,1-2,4-8H3. The second kappa shape index (κ2) is 15.4. The van der Waals surface area contributed by atoms with E-state index >= 15 is 0 Å². The number of carbonyl (C=O) groups excluding carboxylic acids is 1. The van der Waals surface area contributed by atoms with Gasteiger partial charge in [0.15, 0.2) is 0 Å². The number of pyridine rings is 1. The number of hydrogen-bond acceptors (Lipinski definition) is 5. The molecule has 0 bridgehead atoms. The molecule has 5 heteroatoms. The van der Waals surface area contributed by atoms with Crippen LogP contribution in [0, 0.1) is 31.1 Å². The summed E-state index contributed by atoms with van der Waals surface area (Å²) in [5, 5.41) is 21.2. The Bertz CT molecular complexity index is 1550. The van der Waals surface area contributed by atoms with Crippen LogP contribution in [-0.2, 0) is 14.9 Å². The maximum atomic E-state index is 12.8. The Labute approximate surface area is 270 Å². The fourth-order valence-corrected chi connectivity index (χ4v) is 6.03. The zero-order valence-corrected chi connectivity index (χ0v) is 28.0. The Morgan fingerprint density at radius 3 is 2.02 bits per heavy atom. The monoisotopic (exact) mass is 607 g/mol. The van der Waals surface area contributed by atoms with Crippen LogP contribution in [-0.4, -0.2) is 39.5 Å². The first kappa shape index (κ1) is 35.6. The Kier molecular flexibility index (Phi) is 12.2. The van der Waals surface area contributed by atoms with Crippen molar-refractivity contribution in [1.82, 2.24) is 4.98 Å². The van der Waals surface area contributed by atoms with Crippen LogP contribution in [0.5, 0.6) is 0 Å². The average Bonchev–Trinajstić information content (AvgIpc) is 3.08. The molecule has 2 aromatic carbocycles. The van der Waals surface area contributed by atoms with Crippen molar-refractivity contribution in [2.45, 2.75) is 109 Å². The summed E-state index contributed by atoms with van der Waals surface area (Å²) in [5.41, 5.74) is 4.73. The van der Waals surface area contributed by atoms with E-state index in [9.17, 15) is 15.0 Å². The molecule has 3 aromatic rings. The van der Waals surface area contributed by atoms with Crippen molar-refractivity contribution in [3.63, 3.8) is 0 Å². The molecule has 238 valence electrons. The van der Waals surface area contributed by atoms with Crippen LogP contribution in [0.2, 0.25) is 0 Å². The number of hydrogen-bond donors (Lipinski definition) is 2. The van der Waals surface area contributed by atoms with Gasteiger partial charge in [0.2, 0.25) is 0 Å². The predicted octanol–water partition coefficient (Wildman–Crippen LogP) is 7.88. The zero-order chi connectivity index (χ0) is 33.3. The Morgan fingerprint density at radius 1 is 0.867 bits per heavy atom. The van der Waals surface area contributed by atoms with Gasteiger partial charge >= 0.3 is 5.97 Å². The topological polar surface area (TPSA) is 79.7 Å². The lowest BCUT2D eigenvalue weighted by Crippen LogP contribution is -2.27. The lowest BCUT2D eigenvalue weighted by atomic mass is 9.70. The molecule has 0 aliphatic carbocycles. The van der Waals surface area contributed by atoms with Gasteiger partial charge < -0.3 is 14.9 Å². The minimum Gasteiger partial charge on any atom is -0.469 e. The molecule has 45 heavy (non-hydrogen) atoms. The summed E-state index contributed by atoms with van der Waals surface area (Å²) < 4.78 is 5.10. The lowest BCUT2D eigenvalue weighted by Gasteiger charge is -2.34. The molecule has 1 heterocycles. The molecule has 0 spiro atoms. The normalized spacial score (nSPS) is 13.6. The number of methoxy groups -OCH3 is 1. The second-order valence-corrected chi connectivity index (χ2v) is 12.0. The Morgan fingerprint density at radius 2 is 1.49 bits per heavy atom. The molecule has 0 amide bonds. The van der Waals surface area contributed by atoms with Gasteiger partial charge in [0.25, 0.3) is 0 Å². The summed E-state index contributed by atoms with van der Waals surface area (Å²) in [6.45, 7) is 12.3. The van der Waals surface area contributed by atoms with Gasteiger partial charge in [-0.25, -0.2) is 0 Å². The molecule has 0 fully saturated rings. The summed E-state index contributed by atoms with van der Waals surface area (Å²) in [5.74, 6) is 7.80. The number of ether oxygens (including phenoxy) is 1. The van der Waals surface area contributed by atoms with Crippen LogP contribution in [0.25, 0.3) is 11.1 Å². The van der Waals surface area contributed by atoms with E-state index in [1.165, 1.54) is 18.2 Å². The number of esters is 1. The number of carbonyl (C=O) groups is 1. The molecule has 2 unspecified atom stereocenters. The minimum absolute atomic E-state index is 0.175. The third-order valence-electron chi connectivity index (χ3n) is 9.70. The summed E-state index contributed by atoms with van der Waals surface area (Å²) >= 11 is 0. The quantitative estimate of drug-likeness (QED) is 0.153. The maximum Gasteiger partial charge on any atom is 0.313 e. The van der Waals surface area contributed by atoms with Gasteiger partial charge in [-0.05, 0) is 91.8 Å². The van der Waals surface area contributed by atoms with E-state index in [-0.39, 0.29) is 17.8 Å². The molecule has 2 N–H and O–H groups in total. The van der Waals surface area contributed by atoms with E-state index in [4.69, 9.17) is 11.2 Å². The van der Waals surface area contributed by atoms with Crippen LogP contribution in [0.15, 0.2) is 60.9 Å². The van der Waals surface area contributed by atoms with E-state index in [1.807, 2.05) is 26.8 Å². The van der Waals surface area contributed by atoms with E-state index in [1.54, 1.807) is 12.4 Å². The van der Waals surface area contributed by atoms with Crippen LogP contribution in [0.4, 0.5) is 0 Å². The van der Waals surface area contributed by atoms with Gasteiger partial charge in [-0.1, -0.05) is 88.8 Å². The highest BCUT2D eigenvalue weighted by atomic mass is 16.5. The third kappa shape index (κ3) is 8.04. The number of aromatic nitrogens is 1. The Hall–Kier alpha value is -3.90. The van der Waals surface area contributed by atoms with E-state index in [2.05, 4.69) is 86.0 Å². The molecule has 1 aromatic heterocycles. The number of nitrogens with zero attached hydrogens (tertiary/aromatic N) is 1. The largest absolute Gasteiger partial charge is 0.469 e. The van der Waals surface area contributed by atoms with Crippen LogP contribution < -0.4 is 0 Å². The molecule has 2 atom stereocenters. The van der Waals surface area contributed by atoms with Gasteiger partial charge in [-0.15, -0.1) is 6.42 Å². The molecular weight excluding hydrogens is 558 g/mol. The molecule has 0 saturated carbocycles. The van der Waals surface area contributed by atoms with Crippen molar-refractivity contribution in [3.05, 3.63) is 88.7 Å². The lowest BCUT2D eigenvalue weighted by molar-refractivity contribution is -0.142. The molecule has 3 rings (SSSR count). The maximum absolute atomic E-state index is 12.8. The van der Waals surface area contributed by atoms with Gasteiger partial charge in [-0.2, -0.15) is 0 Å². The predicted molar refractivity (Wildman–Crippen MR) is 183 cm³/mol. The summed E-state index contributed by atoms with van der Waals surface area (Å²) in [4.78, 5) is 17.2. The van der Waals surface area contributed by atoms with E-state index in [0.29, 0.717) is 25.7 Å². The SMILES string of the molecule is C#CC(O)(CC)CCC(C(=O)OC)c1cncc(-c2ccc(C(CC)(CC)c3ccc(C#CC(O)(CC)CC)c(C)c3)cc2)c1. The molecule has 0 aliphatic rings. The van der Waals surface area contributed by atoms with Crippen LogP contribution >= 0.6 is 0 Å². The smallest absolute Gasteiger partial charge is 0.313 e. The highest BCUT2D eigenvalue weighted by Gasteiger charge is 2.32. The molecule has 0 saturated heterocycles. The number of terminal acetylenes is 1. The first-order chi connectivity index (χ1) is 21.5. The first-order valence-electron chi connectivity index (χ1n) is 16.2. The number of benzene rings is 2. The van der Waals surface area contributed by atoms with Gasteiger partial charge in [-0.3, -0.25) is 9.78 Å². The van der Waals surface area contributed by atoms with Crippen molar-refractivity contribution in [2.24, 2.45) is 0 Å². The first-order valence-corrected chi connectivity index (χ1v) is 16.2.